The molecule has 3 rings (SSSR count). The molecule has 5 heteroatoms. The van der Waals surface area contributed by atoms with Crippen molar-refractivity contribution in [3.8, 4) is 11.5 Å². The number of pyridine rings is 1. The fraction of sp³-hybridized carbons (Fsp3) is 0.400. The number of aromatic nitrogens is 1. The van der Waals surface area contributed by atoms with Gasteiger partial charge >= 0.3 is 0 Å². The lowest BCUT2D eigenvalue weighted by atomic mass is 10.1. The number of benzene rings is 1. The Balaban J connectivity index is 2.12. The van der Waals surface area contributed by atoms with Gasteiger partial charge in [0, 0.05) is 24.7 Å². The minimum absolute atomic E-state index is 0.108. The number of anilines is 1. The van der Waals surface area contributed by atoms with Crippen molar-refractivity contribution < 1.29 is 14.6 Å². The van der Waals surface area contributed by atoms with Gasteiger partial charge in [0.15, 0.2) is 11.5 Å². The summed E-state index contributed by atoms with van der Waals surface area (Å²) in [6.07, 6.45) is 1.79. The van der Waals surface area contributed by atoms with Gasteiger partial charge < -0.3 is 19.5 Å². The molecule has 5 nitrogen and oxygen atoms in total. The third-order valence-corrected chi connectivity index (χ3v) is 3.46. The van der Waals surface area contributed by atoms with Gasteiger partial charge in [-0.2, -0.15) is 0 Å². The van der Waals surface area contributed by atoms with Crippen LogP contribution in [0.2, 0.25) is 0 Å². The summed E-state index contributed by atoms with van der Waals surface area (Å²) in [5.74, 6) is 2.42. The molecule has 0 bridgehead atoms. The maximum absolute atomic E-state index is 9.18. The van der Waals surface area contributed by atoms with Crippen LogP contribution in [-0.2, 0) is 0 Å². The molecule has 0 aliphatic carbocycles. The SMILES string of the molecule is CCN(CCO)c1nccc2cc3c(cc12)OCCO3. The predicted octanol–water partition coefficient (Wildman–Crippen LogP) is 1.82. The Morgan fingerprint density at radius 2 is 2.00 bits per heavy atom. The number of hydrogen-bond acceptors (Lipinski definition) is 5. The lowest BCUT2D eigenvalue weighted by Gasteiger charge is -2.24. The first-order valence-electron chi connectivity index (χ1n) is 6.87. The van der Waals surface area contributed by atoms with Crippen LogP contribution >= 0.6 is 0 Å². The maximum Gasteiger partial charge on any atom is 0.162 e. The van der Waals surface area contributed by atoms with Gasteiger partial charge in [0.25, 0.3) is 0 Å². The lowest BCUT2D eigenvalue weighted by molar-refractivity contribution is 0.172. The van der Waals surface area contributed by atoms with Crippen molar-refractivity contribution in [2.45, 2.75) is 6.92 Å². The van der Waals surface area contributed by atoms with Crippen molar-refractivity contribution in [2.75, 3.05) is 37.8 Å². The van der Waals surface area contributed by atoms with E-state index in [1.807, 2.05) is 25.1 Å². The molecule has 0 saturated carbocycles. The first-order valence-corrected chi connectivity index (χ1v) is 6.87. The van der Waals surface area contributed by atoms with Crippen LogP contribution in [0.5, 0.6) is 11.5 Å². The number of hydrogen-bond donors (Lipinski definition) is 1. The van der Waals surface area contributed by atoms with Gasteiger partial charge in [-0.25, -0.2) is 4.98 Å². The molecule has 106 valence electrons. The largest absolute Gasteiger partial charge is 0.486 e. The van der Waals surface area contributed by atoms with Crippen molar-refractivity contribution in [3.05, 3.63) is 24.4 Å². The molecule has 1 N–H and O–H groups in total. The molecule has 0 saturated heterocycles. The van der Waals surface area contributed by atoms with E-state index >= 15 is 0 Å². The van der Waals surface area contributed by atoms with E-state index < -0.39 is 0 Å². The second kappa shape index (κ2) is 5.54. The van der Waals surface area contributed by atoms with E-state index in [2.05, 4.69) is 9.88 Å². The summed E-state index contributed by atoms with van der Waals surface area (Å²) in [5, 5.41) is 11.3. The summed E-state index contributed by atoms with van der Waals surface area (Å²) < 4.78 is 11.2. The second-order valence-corrected chi connectivity index (χ2v) is 4.65. The number of rotatable bonds is 4. The van der Waals surface area contributed by atoms with Crippen LogP contribution in [0.1, 0.15) is 6.92 Å². The molecule has 2 aromatic rings. The molecular formula is C15H18N2O3. The van der Waals surface area contributed by atoms with Gasteiger partial charge in [0.05, 0.1) is 6.61 Å². The Labute approximate surface area is 117 Å². The van der Waals surface area contributed by atoms with Crippen LogP contribution in [0, 0.1) is 0 Å². The van der Waals surface area contributed by atoms with Crippen LogP contribution in [0.4, 0.5) is 5.82 Å². The van der Waals surface area contributed by atoms with Crippen LogP contribution in [0.25, 0.3) is 10.8 Å². The summed E-state index contributed by atoms with van der Waals surface area (Å²) in [6, 6.07) is 5.93. The highest BCUT2D eigenvalue weighted by molar-refractivity contribution is 5.94. The first kappa shape index (κ1) is 13.0. The normalized spacial score (nSPS) is 13.5. The molecule has 0 radical (unpaired) electrons. The average Bonchev–Trinajstić information content (AvgIpc) is 2.50. The van der Waals surface area contributed by atoms with E-state index in [-0.39, 0.29) is 6.61 Å². The summed E-state index contributed by atoms with van der Waals surface area (Å²) in [7, 11) is 0. The smallest absolute Gasteiger partial charge is 0.162 e. The van der Waals surface area contributed by atoms with Crippen molar-refractivity contribution in [1.29, 1.82) is 0 Å². The molecule has 1 aromatic heterocycles. The standard InChI is InChI=1S/C15H18N2O3/c1-2-17(5-6-18)15-12-10-14-13(19-7-8-20-14)9-11(12)3-4-16-15/h3-4,9-10,18H,2,5-8H2,1H3. The molecule has 2 heterocycles. The highest BCUT2D eigenvalue weighted by Crippen LogP contribution is 2.37. The van der Waals surface area contributed by atoms with Crippen molar-refractivity contribution in [2.24, 2.45) is 0 Å². The van der Waals surface area contributed by atoms with Crippen LogP contribution < -0.4 is 14.4 Å². The molecular weight excluding hydrogens is 256 g/mol. The molecule has 0 amide bonds. The summed E-state index contributed by atoms with van der Waals surface area (Å²) in [4.78, 5) is 6.52. The molecule has 1 aliphatic heterocycles. The number of ether oxygens (including phenoxy) is 2. The fourth-order valence-electron chi connectivity index (χ4n) is 2.48. The number of likely N-dealkylation sites (N-methyl/N-ethyl adjacent to an activating group) is 1. The van der Waals surface area contributed by atoms with Crippen molar-refractivity contribution in [1.82, 2.24) is 4.98 Å². The average molecular weight is 274 g/mol. The minimum atomic E-state index is 0.108. The molecule has 0 spiro atoms. The summed E-state index contributed by atoms with van der Waals surface area (Å²) in [5.41, 5.74) is 0. The Morgan fingerprint density at radius 3 is 2.70 bits per heavy atom. The van der Waals surface area contributed by atoms with Crippen LogP contribution in [-0.4, -0.2) is 43.0 Å². The van der Waals surface area contributed by atoms with E-state index in [1.54, 1.807) is 6.20 Å². The minimum Gasteiger partial charge on any atom is -0.486 e. The summed E-state index contributed by atoms with van der Waals surface area (Å²) >= 11 is 0. The molecule has 0 fully saturated rings. The van der Waals surface area contributed by atoms with Gasteiger partial charge in [-0.15, -0.1) is 0 Å². The third kappa shape index (κ3) is 2.25. The topological polar surface area (TPSA) is 54.8 Å². The highest BCUT2D eigenvalue weighted by atomic mass is 16.6. The van der Waals surface area contributed by atoms with Gasteiger partial charge in [-0.05, 0) is 30.5 Å². The van der Waals surface area contributed by atoms with Gasteiger partial charge in [-0.3, -0.25) is 0 Å². The van der Waals surface area contributed by atoms with Crippen molar-refractivity contribution >= 4 is 16.6 Å². The predicted molar refractivity (Wildman–Crippen MR) is 77.7 cm³/mol. The number of aliphatic hydroxyl groups excluding tert-OH is 1. The Morgan fingerprint density at radius 1 is 1.25 bits per heavy atom. The first-order chi connectivity index (χ1) is 9.83. The zero-order valence-electron chi connectivity index (χ0n) is 11.5. The number of aliphatic hydroxyl groups is 1. The lowest BCUT2D eigenvalue weighted by Crippen LogP contribution is -2.27. The van der Waals surface area contributed by atoms with Crippen molar-refractivity contribution in [3.63, 3.8) is 0 Å². The monoisotopic (exact) mass is 274 g/mol. The number of nitrogens with zero attached hydrogens (tertiary/aromatic N) is 2. The molecule has 1 aromatic carbocycles. The Hall–Kier alpha value is -2.01. The van der Waals surface area contributed by atoms with E-state index in [0.29, 0.717) is 19.8 Å². The highest BCUT2D eigenvalue weighted by Gasteiger charge is 2.16. The maximum atomic E-state index is 9.18. The zero-order chi connectivity index (χ0) is 13.9. The molecule has 0 atom stereocenters. The number of fused-ring (bicyclic) bond motifs is 2. The molecule has 20 heavy (non-hydrogen) atoms. The third-order valence-electron chi connectivity index (χ3n) is 3.46. The fourth-order valence-corrected chi connectivity index (χ4v) is 2.48. The molecule has 1 aliphatic rings. The van der Waals surface area contributed by atoms with Gasteiger partial charge in [-0.1, -0.05) is 0 Å². The van der Waals surface area contributed by atoms with E-state index in [4.69, 9.17) is 9.47 Å². The van der Waals surface area contributed by atoms with E-state index in [9.17, 15) is 5.11 Å². The second-order valence-electron chi connectivity index (χ2n) is 4.65. The Bertz CT molecular complexity index is 615. The quantitative estimate of drug-likeness (QED) is 0.921. The zero-order valence-corrected chi connectivity index (χ0v) is 11.5. The van der Waals surface area contributed by atoms with E-state index in [1.165, 1.54) is 0 Å². The van der Waals surface area contributed by atoms with E-state index in [0.717, 1.165) is 34.6 Å². The summed E-state index contributed by atoms with van der Waals surface area (Å²) in [6.45, 7) is 4.67. The van der Waals surface area contributed by atoms with Gasteiger partial charge in [0.1, 0.15) is 19.0 Å². The van der Waals surface area contributed by atoms with Crippen LogP contribution in [0.15, 0.2) is 24.4 Å². The van der Waals surface area contributed by atoms with Gasteiger partial charge in [0.2, 0.25) is 0 Å². The Kier molecular flexibility index (Phi) is 3.60. The van der Waals surface area contributed by atoms with Crippen LogP contribution in [0.3, 0.4) is 0 Å². The molecule has 0 unspecified atom stereocenters.